The summed E-state index contributed by atoms with van der Waals surface area (Å²) in [6.45, 7) is 2.09. The van der Waals surface area contributed by atoms with Gasteiger partial charge in [-0.3, -0.25) is 0 Å². The fourth-order valence-electron chi connectivity index (χ4n) is 2.43. The van der Waals surface area contributed by atoms with Gasteiger partial charge in [0.15, 0.2) is 5.82 Å². The van der Waals surface area contributed by atoms with Crippen molar-refractivity contribution in [3.05, 3.63) is 5.82 Å². The summed E-state index contributed by atoms with van der Waals surface area (Å²) in [5, 5.41) is 14.1. The van der Waals surface area contributed by atoms with Crippen molar-refractivity contribution in [2.45, 2.75) is 44.6 Å². The molecule has 1 unspecified atom stereocenters. The van der Waals surface area contributed by atoms with Crippen LogP contribution in [0.15, 0.2) is 0 Å². The van der Waals surface area contributed by atoms with E-state index in [0.29, 0.717) is 11.7 Å². The lowest BCUT2D eigenvalue weighted by atomic mass is 9.80. The van der Waals surface area contributed by atoms with Crippen molar-refractivity contribution in [1.82, 2.24) is 20.6 Å². The number of nitrogens with one attached hydrogen (secondary N) is 1. The maximum absolute atomic E-state index is 6.38. The summed E-state index contributed by atoms with van der Waals surface area (Å²) in [4.78, 5) is 0. The van der Waals surface area contributed by atoms with Gasteiger partial charge < -0.3 is 5.73 Å². The van der Waals surface area contributed by atoms with Crippen LogP contribution in [0.25, 0.3) is 0 Å². The van der Waals surface area contributed by atoms with Gasteiger partial charge in [0.05, 0.1) is 5.54 Å². The van der Waals surface area contributed by atoms with Crippen molar-refractivity contribution in [2.24, 2.45) is 11.7 Å². The molecule has 1 aliphatic rings. The van der Waals surface area contributed by atoms with Gasteiger partial charge in [0.1, 0.15) is 0 Å². The second-order valence-corrected chi connectivity index (χ2v) is 4.11. The lowest BCUT2D eigenvalue weighted by Crippen LogP contribution is -2.43. The van der Waals surface area contributed by atoms with Crippen LogP contribution in [-0.4, -0.2) is 20.6 Å². The van der Waals surface area contributed by atoms with Gasteiger partial charge >= 0.3 is 0 Å². The summed E-state index contributed by atoms with van der Waals surface area (Å²) in [7, 11) is 0. The predicted molar refractivity (Wildman–Crippen MR) is 52.3 cm³/mol. The molecule has 2 rings (SSSR count). The molecule has 1 saturated carbocycles. The van der Waals surface area contributed by atoms with Gasteiger partial charge in [0.25, 0.3) is 0 Å². The van der Waals surface area contributed by atoms with Crippen LogP contribution in [0.4, 0.5) is 0 Å². The van der Waals surface area contributed by atoms with Crippen LogP contribution < -0.4 is 5.73 Å². The van der Waals surface area contributed by atoms with Crippen LogP contribution >= 0.6 is 0 Å². The normalized spacial score (nSPS) is 22.4. The predicted octanol–water partition coefficient (Wildman–Crippen LogP) is 0.954. The Bertz CT molecular complexity index is 277. The van der Waals surface area contributed by atoms with Gasteiger partial charge in [-0.2, -0.15) is 5.21 Å². The Morgan fingerprint density at radius 3 is 2.71 bits per heavy atom. The van der Waals surface area contributed by atoms with E-state index in [1.807, 2.05) is 0 Å². The van der Waals surface area contributed by atoms with Crippen molar-refractivity contribution >= 4 is 0 Å². The van der Waals surface area contributed by atoms with Crippen LogP contribution in [-0.2, 0) is 5.54 Å². The maximum atomic E-state index is 6.38. The van der Waals surface area contributed by atoms with Gasteiger partial charge in [-0.15, -0.1) is 10.2 Å². The molecule has 0 aliphatic heterocycles. The first-order valence-electron chi connectivity index (χ1n) is 5.30. The van der Waals surface area contributed by atoms with E-state index in [9.17, 15) is 0 Å². The highest BCUT2D eigenvalue weighted by Gasteiger charge is 2.39. The van der Waals surface area contributed by atoms with Crippen molar-refractivity contribution in [2.75, 3.05) is 0 Å². The molecule has 5 heteroatoms. The third-order valence-corrected chi connectivity index (χ3v) is 3.43. The summed E-state index contributed by atoms with van der Waals surface area (Å²) in [5.41, 5.74) is 6.01. The van der Waals surface area contributed by atoms with Crippen LogP contribution in [0.3, 0.4) is 0 Å². The second kappa shape index (κ2) is 3.65. The molecule has 1 aromatic rings. The highest BCUT2D eigenvalue weighted by molar-refractivity contribution is 5.05. The van der Waals surface area contributed by atoms with Crippen LogP contribution in [0.1, 0.15) is 44.9 Å². The van der Waals surface area contributed by atoms with Crippen molar-refractivity contribution in [1.29, 1.82) is 0 Å². The maximum Gasteiger partial charge on any atom is 0.194 e. The number of nitrogens with zero attached hydrogens (tertiary/aromatic N) is 3. The number of nitrogens with two attached hydrogens (primary N) is 1. The first-order valence-corrected chi connectivity index (χ1v) is 5.30. The lowest BCUT2D eigenvalue weighted by Gasteiger charge is -2.31. The molecular formula is C9H17N5. The Morgan fingerprint density at radius 1 is 1.50 bits per heavy atom. The fraction of sp³-hybridized carbons (Fsp3) is 0.889. The molecule has 1 heterocycles. The molecule has 1 aliphatic carbocycles. The molecule has 0 amide bonds. The Hall–Kier alpha value is -0.970. The monoisotopic (exact) mass is 195 g/mol. The Morgan fingerprint density at radius 2 is 2.21 bits per heavy atom. The SMILES string of the molecule is CCC(N)(c1nn[nH]n1)C1CCCC1. The molecule has 1 aromatic heterocycles. The molecule has 0 radical (unpaired) electrons. The number of aromatic nitrogens is 4. The highest BCUT2D eigenvalue weighted by atomic mass is 15.5. The Kier molecular flexibility index (Phi) is 2.50. The van der Waals surface area contributed by atoms with E-state index >= 15 is 0 Å². The standard InChI is InChI=1S/C9H17N5/c1-2-9(10,7-5-3-4-6-7)8-11-13-14-12-8/h7H,2-6,10H2,1H3,(H,11,12,13,14). The highest BCUT2D eigenvalue weighted by Crippen LogP contribution is 2.39. The molecule has 0 aromatic carbocycles. The van der Waals surface area contributed by atoms with Crippen molar-refractivity contribution in [3.63, 3.8) is 0 Å². The molecule has 1 atom stereocenters. The minimum absolute atomic E-state index is 0.372. The van der Waals surface area contributed by atoms with Crippen molar-refractivity contribution in [3.8, 4) is 0 Å². The zero-order valence-electron chi connectivity index (χ0n) is 8.53. The summed E-state index contributed by atoms with van der Waals surface area (Å²) >= 11 is 0. The lowest BCUT2D eigenvalue weighted by molar-refractivity contribution is 0.254. The summed E-state index contributed by atoms with van der Waals surface area (Å²) in [5.74, 6) is 1.19. The van der Waals surface area contributed by atoms with Gasteiger partial charge in [-0.25, -0.2) is 0 Å². The van der Waals surface area contributed by atoms with Crippen LogP contribution in [0, 0.1) is 5.92 Å². The third kappa shape index (κ3) is 1.41. The molecular weight excluding hydrogens is 178 g/mol. The number of aromatic amines is 1. The van der Waals surface area contributed by atoms with E-state index in [1.54, 1.807) is 0 Å². The second-order valence-electron chi connectivity index (χ2n) is 4.11. The molecule has 14 heavy (non-hydrogen) atoms. The summed E-state index contributed by atoms with van der Waals surface area (Å²) in [6, 6.07) is 0. The number of hydrogen-bond acceptors (Lipinski definition) is 4. The molecule has 0 spiro atoms. The average Bonchev–Trinajstić information content (AvgIpc) is 2.88. The first kappa shape index (κ1) is 9.58. The topological polar surface area (TPSA) is 80.5 Å². The molecule has 0 saturated heterocycles. The van der Waals surface area contributed by atoms with E-state index in [-0.39, 0.29) is 5.54 Å². The van der Waals surface area contributed by atoms with E-state index < -0.39 is 0 Å². The molecule has 1 fully saturated rings. The van der Waals surface area contributed by atoms with E-state index in [4.69, 9.17) is 5.73 Å². The first-order chi connectivity index (χ1) is 6.77. The number of hydrogen-bond donors (Lipinski definition) is 2. The zero-order chi connectivity index (χ0) is 10.0. The third-order valence-electron chi connectivity index (χ3n) is 3.43. The molecule has 78 valence electrons. The molecule has 3 N–H and O–H groups in total. The van der Waals surface area contributed by atoms with E-state index in [2.05, 4.69) is 27.5 Å². The van der Waals surface area contributed by atoms with E-state index in [1.165, 1.54) is 25.7 Å². The fourth-order valence-corrected chi connectivity index (χ4v) is 2.43. The Labute approximate surface area is 83.5 Å². The summed E-state index contributed by atoms with van der Waals surface area (Å²) < 4.78 is 0. The smallest absolute Gasteiger partial charge is 0.194 e. The van der Waals surface area contributed by atoms with Gasteiger partial charge in [-0.1, -0.05) is 25.0 Å². The minimum Gasteiger partial charge on any atom is -0.318 e. The van der Waals surface area contributed by atoms with Crippen LogP contribution in [0.2, 0.25) is 0 Å². The van der Waals surface area contributed by atoms with Gasteiger partial charge in [0.2, 0.25) is 0 Å². The molecule has 0 bridgehead atoms. The number of rotatable bonds is 3. The zero-order valence-corrected chi connectivity index (χ0v) is 8.53. The average molecular weight is 195 g/mol. The number of tetrazole rings is 1. The number of H-pyrrole nitrogens is 1. The molecule has 5 nitrogen and oxygen atoms in total. The minimum atomic E-state index is -0.372. The van der Waals surface area contributed by atoms with Gasteiger partial charge in [-0.05, 0) is 25.2 Å². The summed E-state index contributed by atoms with van der Waals surface area (Å²) in [6.07, 6.45) is 5.82. The Balaban J connectivity index is 2.24. The van der Waals surface area contributed by atoms with Crippen molar-refractivity contribution < 1.29 is 0 Å². The van der Waals surface area contributed by atoms with E-state index in [0.717, 1.165) is 6.42 Å². The quantitative estimate of drug-likeness (QED) is 0.752. The largest absolute Gasteiger partial charge is 0.318 e. The van der Waals surface area contributed by atoms with Gasteiger partial charge in [0, 0.05) is 0 Å². The van der Waals surface area contributed by atoms with Crippen LogP contribution in [0.5, 0.6) is 0 Å².